The molecule has 4 aliphatic carbocycles. The highest BCUT2D eigenvalue weighted by Gasteiger charge is 2.67. The Balaban J connectivity index is 1.34. The standard InChI is InChI=1S/C44H56N2O5/c1-22(2)34-37(49)32-31-25(28-21-40(4,5)51-41(6,7)33(28)36(31)48)20-26-27-19-24-14-15-29-42(8,17-12-13-23(3)39(50)45-11)30(47)16-18-43(29,9)44(24,10)38(27)46(34)35(26)32/h12-13,17,20-21,24,29-30,33-34,36,47-48H,1,14-16,18-19H2,2-11H3,(H,45,50)/b17-12+,23-13+/t24-,29-,30-,33+,34-,36+,42-,43-,44+/m0/s1. The van der Waals surface area contributed by atoms with Gasteiger partial charge in [-0.15, -0.1) is 0 Å². The van der Waals surface area contributed by atoms with Crippen LogP contribution in [0.2, 0.25) is 0 Å². The topological polar surface area (TPSA) is 101 Å². The summed E-state index contributed by atoms with van der Waals surface area (Å²) in [6.07, 6.45) is 11.3. The van der Waals surface area contributed by atoms with Crippen LogP contribution in [-0.4, -0.2) is 50.8 Å². The maximum absolute atomic E-state index is 14.9. The van der Waals surface area contributed by atoms with Crippen LogP contribution in [0.3, 0.4) is 0 Å². The van der Waals surface area contributed by atoms with Gasteiger partial charge in [-0.2, -0.15) is 0 Å². The molecule has 3 N–H and O–H groups in total. The summed E-state index contributed by atoms with van der Waals surface area (Å²) in [5.41, 5.74) is 6.46. The van der Waals surface area contributed by atoms with Crippen LogP contribution in [0, 0.1) is 28.6 Å². The fourth-order valence-corrected chi connectivity index (χ4v) is 12.8. The SMILES string of the molecule is C=C(C)[C@H]1C(=O)c2c3c(cc4c5c(n1c24)[C@@]1(C)[C@@H](CC[C@H]2[C@](C)(/C=C/C=C(\C)C(=O)NC)[C@@H](O)CC[C@@]21C)C5)C1=CC(C)(C)OC(C)(C)[C@H]1[C@@H]3O. The lowest BCUT2D eigenvalue weighted by molar-refractivity contribution is -0.144. The summed E-state index contributed by atoms with van der Waals surface area (Å²) >= 11 is 0. The fourth-order valence-electron chi connectivity index (χ4n) is 12.8. The number of benzene rings is 1. The molecule has 2 fully saturated rings. The van der Waals surface area contributed by atoms with E-state index in [2.05, 4.69) is 83.1 Å². The number of ketones is 1. The molecule has 1 aromatic carbocycles. The Hall–Kier alpha value is -3.26. The molecule has 272 valence electrons. The highest BCUT2D eigenvalue weighted by atomic mass is 16.5. The van der Waals surface area contributed by atoms with E-state index in [4.69, 9.17) is 4.74 Å². The molecule has 0 saturated heterocycles. The summed E-state index contributed by atoms with van der Waals surface area (Å²) < 4.78 is 8.90. The second-order valence-corrected chi connectivity index (χ2v) is 18.6. The van der Waals surface area contributed by atoms with E-state index in [1.165, 1.54) is 11.3 Å². The predicted octanol–water partition coefficient (Wildman–Crippen LogP) is 7.84. The third kappa shape index (κ3) is 4.23. The van der Waals surface area contributed by atoms with Crippen molar-refractivity contribution >= 4 is 28.2 Å². The Bertz CT molecular complexity index is 2040. The number of likely N-dealkylation sites (N-methyl/N-ethyl adjacent to an activating group) is 1. The van der Waals surface area contributed by atoms with E-state index < -0.39 is 34.9 Å². The van der Waals surface area contributed by atoms with Gasteiger partial charge in [-0.05, 0) is 120 Å². The molecule has 2 aromatic rings. The zero-order valence-electron chi connectivity index (χ0n) is 32.2. The third-order valence-electron chi connectivity index (χ3n) is 15.0. The lowest BCUT2D eigenvalue weighted by Crippen LogP contribution is -2.62. The number of ether oxygens (including phenoxy) is 1. The molecule has 9 atom stereocenters. The Morgan fingerprint density at radius 2 is 1.78 bits per heavy atom. The number of amides is 1. The summed E-state index contributed by atoms with van der Waals surface area (Å²) in [5.74, 6) is 0.233. The van der Waals surface area contributed by atoms with Crippen LogP contribution in [0.15, 0.2) is 48.1 Å². The average molecular weight is 693 g/mol. The van der Waals surface area contributed by atoms with Crippen molar-refractivity contribution in [1.82, 2.24) is 9.88 Å². The number of nitrogens with one attached hydrogen (secondary N) is 1. The van der Waals surface area contributed by atoms with Crippen LogP contribution in [0.5, 0.6) is 0 Å². The number of aromatic nitrogens is 1. The van der Waals surface area contributed by atoms with Crippen molar-refractivity contribution in [3.63, 3.8) is 0 Å². The zero-order chi connectivity index (χ0) is 37.0. The molecule has 3 heterocycles. The highest BCUT2D eigenvalue weighted by Crippen LogP contribution is 2.71. The van der Waals surface area contributed by atoms with Gasteiger partial charge in [-0.25, -0.2) is 0 Å². The second-order valence-electron chi connectivity index (χ2n) is 18.6. The van der Waals surface area contributed by atoms with Gasteiger partial charge >= 0.3 is 0 Å². The van der Waals surface area contributed by atoms with E-state index in [0.717, 1.165) is 58.9 Å². The Labute approximate surface area is 302 Å². The minimum Gasteiger partial charge on any atom is -0.392 e. The number of carbonyl (C=O) groups is 2. The van der Waals surface area contributed by atoms with E-state index in [-0.39, 0.29) is 34.4 Å². The summed E-state index contributed by atoms with van der Waals surface area (Å²) in [5, 5.41) is 27.7. The van der Waals surface area contributed by atoms with Crippen LogP contribution < -0.4 is 5.32 Å². The molecule has 7 nitrogen and oxygen atoms in total. The van der Waals surface area contributed by atoms with E-state index in [1.54, 1.807) is 7.05 Å². The van der Waals surface area contributed by atoms with Crippen LogP contribution in [-0.2, 0) is 21.4 Å². The number of rotatable bonds is 4. The van der Waals surface area contributed by atoms with Crippen LogP contribution >= 0.6 is 0 Å². The summed E-state index contributed by atoms with van der Waals surface area (Å²) in [6.45, 7) is 23.6. The van der Waals surface area contributed by atoms with Gasteiger partial charge in [0, 0.05) is 46.0 Å². The molecule has 8 rings (SSSR count). The number of allylic oxidation sites excluding steroid dienone is 3. The third-order valence-corrected chi connectivity index (χ3v) is 15.0. The fraction of sp³-hybridized carbons (Fsp3) is 0.591. The van der Waals surface area contributed by atoms with Gasteiger partial charge in [-0.3, -0.25) is 9.59 Å². The molecule has 7 heteroatoms. The Morgan fingerprint density at radius 3 is 2.45 bits per heavy atom. The van der Waals surface area contributed by atoms with Gasteiger partial charge in [0.05, 0.1) is 34.5 Å². The number of aliphatic hydroxyl groups is 2. The van der Waals surface area contributed by atoms with Gasteiger partial charge < -0.3 is 24.8 Å². The zero-order valence-corrected chi connectivity index (χ0v) is 32.2. The summed E-state index contributed by atoms with van der Waals surface area (Å²) in [4.78, 5) is 27.1. The quantitative estimate of drug-likeness (QED) is 0.172. The van der Waals surface area contributed by atoms with Crippen LogP contribution in [0.4, 0.5) is 0 Å². The average Bonchev–Trinajstić information content (AvgIpc) is 3.71. The molecule has 51 heavy (non-hydrogen) atoms. The van der Waals surface area contributed by atoms with Crippen molar-refractivity contribution < 1.29 is 24.5 Å². The lowest BCUT2D eigenvalue weighted by atomic mass is 9.40. The first kappa shape index (κ1) is 34.8. The first-order valence-corrected chi connectivity index (χ1v) is 19.1. The first-order valence-electron chi connectivity index (χ1n) is 19.1. The van der Waals surface area contributed by atoms with E-state index in [9.17, 15) is 19.8 Å². The molecule has 1 aromatic heterocycles. The minimum atomic E-state index is -0.851. The van der Waals surface area contributed by atoms with Gasteiger partial charge in [0.25, 0.3) is 0 Å². The number of fused-ring (bicyclic) bond motifs is 11. The second kappa shape index (κ2) is 10.7. The van der Waals surface area contributed by atoms with Gasteiger partial charge in [0.15, 0.2) is 5.78 Å². The largest absolute Gasteiger partial charge is 0.392 e. The van der Waals surface area contributed by atoms with Crippen LogP contribution in [0.1, 0.15) is 133 Å². The Kier molecular flexibility index (Phi) is 7.28. The van der Waals surface area contributed by atoms with Crippen molar-refractivity contribution in [1.29, 1.82) is 0 Å². The number of aliphatic hydroxyl groups excluding tert-OH is 2. The maximum Gasteiger partial charge on any atom is 0.246 e. The van der Waals surface area contributed by atoms with Crippen molar-refractivity contribution in [3.8, 4) is 0 Å². The number of hydrogen-bond acceptors (Lipinski definition) is 5. The molecule has 6 aliphatic rings. The van der Waals surface area contributed by atoms with E-state index in [1.807, 2.05) is 26.0 Å². The Morgan fingerprint density at radius 1 is 1.08 bits per heavy atom. The molecule has 0 spiro atoms. The number of hydrogen-bond donors (Lipinski definition) is 3. The molecule has 0 bridgehead atoms. The number of carbonyl (C=O) groups excluding carboxylic acids is 2. The molecular formula is C44H56N2O5. The predicted molar refractivity (Wildman–Crippen MR) is 201 cm³/mol. The monoisotopic (exact) mass is 692 g/mol. The van der Waals surface area contributed by atoms with Crippen molar-refractivity contribution in [3.05, 3.63) is 76.0 Å². The number of Topliss-reactive ketones (excluding diaryl/α,β-unsaturated/α-hetero) is 1. The smallest absolute Gasteiger partial charge is 0.246 e. The van der Waals surface area contributed by atoms with Crippen molar-refractivity contribution in [2.45, 2.75) is 129 Å². The van der Waals surface area contributed by atoms with Gasteiger partial charge in [-0.1, -0.05) is 51.2 Å². The van der Waals surface area contributed by atoms with Gasteiger partial charge in [0.1, 0.15) is 6.04 Å². The summed E-state index contributed by atoms with van der Waals surface area (Å²) in [6, 6.07) is 1.78. The molecule has 1 amide bonds. The van der Waals surface area contributed by atoms with E-state index in [0.29, 0.717) is 23.5 Å². The van der Waals surface area contributed by atoms with E-state index >= 15 is 0 Å². The van der Waals surface area contributed by atoms with Crippen molar-refractivity contribution in [2.75, 3.05) is 7.05 Å². The number of nitrogens with zero attached hydrogens (tertiary/aromatic N) is 1. The maximum atomic E-state index is 14.9. The first-order chi connectivity index (χ1) is 23.7. The molecule has 2 saturated carbocycles. The van der Waals surface area contributed by atoms with Gasteiger partial charge in [0.2, 0.25) is 5.91 Å². The molecule has 2 aliphatic heterocycles. The normalized spacial score (nSPS) is 38.6. The molecule has 0 radical (unpaired) electrons. The molecule has 0 unspecified atom stereocenters. The summed E-state index contributed by atoms with van der Waals surface area (Å²) in [7, 11) is 1.64. The highest BCUT2D eigenvalue weighted by molar-refractivity contribution is 6.18. The molecular weight excluding hydrogens is 636 g/mol. The van der Waals surface area contributed by atoms with Crippen molar-refractivity contribution in [2.24, 2.45) is 28.6 Å². The van der Waals surface area contributed by atoms with Crippen LogP contribution in [0.25, 0.3) is 16.5 Å². The minimum absolute atomic E-state index is 0.0353. The lowest BCUT2D eigenvalue weighted by Gasteiger charge is -2.64.